The van der Waals surface area contributed by atoms with Crippen molar-refractivity contribution in [2.45, 2.75) is 38.0 Å². The molecule has 1 amide bonds. The van der Waals surface area contributed by atoms with E-state index in [1.807, 2.05) is 22.4 Å². The van der Waals surface area contributed by atoms with Crippen LogP contribution in [-0.2, 0) is 4.79 Å². The second-order valence-electron chi connectivity index (χ2n) is 4.70. The monoisotopic (exact) mass is 262 g/mol. The Hall–Kier alpha value is -1.34. The standard InChI is InChI=1S/C14H18N2OS/c15-11-12(13-6-5-9-18-13)10-14(17)16-7-3-1-2-4-8-16/h5-6,9,12H,1-4,7-8,10H2. The Bertz CT molecular complexity index is 414. The maximum absolute atomic E-state index is 12.2. The lowest BCUT2D eigenvalue weighted by Gasteiger charge is -2.21. The highest BCUT2D eigenvalue weighted by Gasteiger charge is 2.21. The van der Waals surface area contributed by atoms with E-state index in [-0.39, 0.29) is 11.8 Å². The van der Waals surface area contributed by atoms with E-state index < -0.39 is 0 Å². The Morgan fingerprint density at radius 1 is 1.39 bits per heavy atom. The van der Waals surface area contributed by atoms with E-state index >= 15 is 0 Å². The first-order valence-corrected chi connectivity index (χ1v) is 7.40. The maximum Gasteiger partial charge on any atom is 0.224 e. The second kappa shape index (κ2) is 6.55. The lowest BCUT2D eigenvalue weighted by atomic mass is 10.0. The molecule has 18 heavy (non-hydrogen) atoms. The molecule has 1 unspecified atom stereocenters. The SMILES string of the molecule is N#CC(CC(=O)N1CCCCCC1)c1cccs1. The first kappa shape index (κ1) is 13.1. The van der Waals surface area contributed by atoms with Gasteiger partial charge in [-0.1, -0.05) is 18.9 Å². The molecular weight excluding hydrogens is 244 g/mol. The fourth-order valence-corrected chi connectivity index (χ4v) is 3.09. The molecule has 2 heterocycles. The van der Waals surface area contributed by atoms with Crippen molar-refractivity contribution in [1.82, 2.24) is 4.90 Å². The van der Waals surface area contributed by atoms with Crippen molar-refractivity contribution >= 4 is 17.2 Å². The average molecular weight is 262 g/mol. The zero-order valence-corrected chi connectivity index (χ0v) is 11.3. The number of carbonyl (C=O) groups excluding carboxylic acids is 1. The summed E-state index contributed by atoms with van der Waals surface area (Å²) in [4.78, 5) is 15.1. The number of thiophene rings is 1. The molecular formula is C14H18N2OS. The Morgan fingerprint density at radius 2 is 2.11 bits per heavy atom. The molecule has 0 saturated carbocycles. The number of nitrogens with zero attached hydrogens (tertiary/aromatic N) is 2. The quantitative estimate of drug-likeness (QED) is 0.840. The molecule has 1 saturated heterocycles. The smallest absolute Gasteiger partial charge is 0.224 e. The van der Waals surface area contributed by atoms with Gasteiger partial charge in [0.05, 0.1) is 12.0 Å². The predicted molar refractivity (Wildman–Crippen MR) is 72.3 cm³/mol. The van der Waals surface area contributed by atoms with Gasteiger partial charge in [-0.2, -0.15) is 5.26 Å². The van der Waals surface area contributed by atoms with Crippen LogP contribution in [0.5, 0.6) is 0 Å². The van der Waals surface area contributed by atoms with Gasteiger partial charge in [0.15, 0.2) is 0 Å². The molecule has 3 nitrogen and oxygen atoms in total. The van der Waals surface area contributed by atoms with E-state index in [9.17, 15) is 10.1 Å². The third-order valence-electron chi connectivity index (χ3n) is 3.38. The normalized spacial score (nSPS) is 17.8. The first-order valence-electron chi connectivity index (χ1n) is 6.52. The summed E-state index contributed by atoms with van der Waals surface area (Å²) in [6.45, 7) is 1.73. The Balaban J connectivity index is 1.95. The fourth-order valence-electron chi connectivity index (χ4n) is 2.32. The molecule has 1 atom stereocenters. The number of likely N-dealkylation sites (tertiary alicyclic amines) is 1. The summed E-state index contributed by atoms with van der Waals surface area (Å²) < 4.78 is 0. The molecule has 0 N–H and O–H groups in total. The lowest BCUT2D eigenvalue weighted by molar-refractivity contribution is -0.131. The minimum atomic E-state index is -0.277. The Labute approximate surface area is 112 Å². The molecule has 96 valence electrons. The van der Waals surface area contributed by atoms with Crippen LogP contribution in [0, 0.1) is 11.3 Å². The molecule has 1 aromatic heterocycles. The van der Waals surface area contributed by atoms with Crippen molar-refractivity contribution in [2.75, 3.05) is 13.1 Å². The summed E-state index contributed by atoms with van der Waals surface area (Å²) >= 11 is 1.56. The van der Waals surface area contributed by atoms with Gasteiger partial charge < -0.3 is 4.90 Å². The van der Waals surface area contributed by atoms with Gasteiger partial charge in [0.25, 0.3) is 0 Å². The van der Waals surface area contributed by atoms with Crippen LogP contribution in [0.25, 0.3) is 0 Å². The first-order chi connectivity index (χ1) is 8.81. The summed E-state index contributed by atoms with van der Waals surface area (Å²) in [6, 6.07) is 6.12. The van der Waals surface area contributed by atoms with Gasteiger partial charge in [-0.3, -0.25) is 4.79 Å². The molecule has 1 aliphatic heterocycles. The number of carbonyl (C=O) groups is 1. The van der Waals surface area contributed by atoms with Gasteiger partial charge in [-0.25, -0.2) is 0 Å². The van der Waals surface area contributed by atoms with Crippen LogP contribution >= 0.6 is 11.3 Å². The molecule has 2 rings (SSSR count). The number of amides is 1. The van der Waals surface area contributed by atoms with Crippen LogP contribution in [0.2, 0.25) is 0 Å². The van der Waals surface area contributed by atoms with Crippen LogP contribution in [-0.4, -0.2) is 23.9 Å². The largest absolute Gasteiger partial charge is 0.343 e. The zero-order chi connectivity index (χ0) is 12.8. The van der Waals surface area contributed by atoms with Gasteiger partial charge in [-0.05, 0) is 24.3 Å². The van der Waals surface area contributed by atoms with Gasteiger partial charge in [0.2, 0.25) is 5.91 Å². The summed E-state index contributed by atoms with van der Waals surface area (Å²) in [6.07, 6.45) is 4.97. The highest BCUT2D eigenvalue weighted by molar-refractivity contribution is 7.10. The molecule has 0 radical (unpaired) electrons. The number of nitriles is 1. The summed E-state index contributed by atoms with van der Waals surface area (Å²) in [5.41, 5.74) is 0. The van der Waals surface area contributed by atoms with Crippen LogP contribution in [0.1, 0.15) is 42.9 Å². The second-order valence-corrected chi connectivity index (χ2v) is 5.68. The van der Waals surface area contributed by atoms with E-state index in [1.165, 1.54) is 12.8 Å². The van der Waals surface area contributed by atoms with Crippen molar-refractivity contribution < 1.29 is 4.79 Å². The van der Waals surface area contributed by atoms with E-state index in [2.05, 4.69) is 6.07 Å². The van der Waals surface area contributed by atoms with Crippen LogP contribution in [0.3, 0.4) is 0 Å². The summed E-state index contributed by atoms with van der Waals surface area (Å²) in [5, 5.41) is 11.1. The van der Waals surface area contributed by atoms with Crippen molar-refractivity contribution in [3.63, 3.8) is 0 Å². The number of hydrogen-bond donors (Lipinski definition) is 0. The van der Waals surface area contributed by atoms with Gasteiger partial charge in [0, 0.05) is 24.4 Å². The summed E-state index contributed by atoms with van der Waals surface area (Å²) in [5.74, 6) is -0.141. The van der Waals surface area contributed by atoms with Gasteiger partial charge in [-0.15, -0.1) is 11.3 Å². The lowest BCUT2D eigenvalue weighted by Crippen LogP contribution is -2.32. The molecule has 0 aromatic carbocycles. The minimum Gasteiger partial charge on any atom is -0.343 e. The summed E-state index contributed by atoms with van der Waals surface area (Å²) in [7, 11) is 0. The van der Waals surface area contributed by atoms with Crippen molar-refractivity contribution in [3.05, 3.63) is 22.4 Å². The van der Waals surface area contributed by atoms with E-state index in [0.29, 0.717) is 6.42 Å². The van der Waals surface area contributed by atoms with Gasteiger partial charge in [0.1, 0.15) is 0 Å². The zero-order valence-electron chi connectivity index (χ0n) is 10.5. The highest BCUT2D eigenvalue weighted by atomic mass is 32.1. The maximum atomic E-state index is 12.2. The molecule has 0 bridgehead atoms. The molecule has 1 aliphatic rings. The third kappa shape index (κ3) is 3.33. The molecule has 0 spiro atoms. The highest BCUT2D eigenvalue weighted by Crippen LogP contribution is 2.25. The molecule has 0 aliphatic carbocycles. The van der Waals surface area contributed by atoms with E-state index in [4.69, 9.17) is 0 Å². The van der Waals surface area contributed by atoms with E-state index in [1.54, 1.807) is 11.3 Å². The van der Waals surface area contributed by atoms with Gasteiger partial charge >= 0.3 is 0 Å². The van der Waals surface area contributed by atoms with Crippen molar-refractivity contribution in [2.24, 2.45) is 0 Å². The molecule has 4 heteroatoms. The Kier molecular flexibility index (Phi) is 4.77. The van der Waals surface area contributed by atoms with Crippen LogP contribution in [0.4, 0.5) is 0 Å². The van der Waals surface area contributed by atoms with Crippen molar-refractivity contribution in [3.8, 4) is 6.07 Å². The number of hydrogen-bond acceptors (Lipinski definition) is 3. The topological polar surface area (TPSA) is 44.1 Å². The predicted octanol–water partition coefficient (Wildman–Crippen LogP) is 3.15. The number of rotatable bonds is 3. The average Bonchev–Trinajstić information content (AvgIpc) is 2.77. The molecule has 1 fully saturated rings. The Morgan fingerprint density at radius 3 is 2.67 bits per heavy atom. The minimum absolute atomic E-state index is 0.136. The van der Waals surface area contributed by atoms with Crippen molar-refractivity contribution in [1.29, 1.82) is 5.26 Å². The van der Waals surface area contributed by atoms with Crippen LogP contribution < -0.4 is 0 Å². The molecule has 1 aromatic rings. The third-order valence-corrected chi connectivity index (χ3v) is 4.37. The van der Waals surface area contributed by atoms with Crippen LogP contribution in [0.15, 0.2) is 17.5 Å². The van der Waals surface area contributed by atoms with E-state index in [0.717, 1.165) is 30.8 Å². The fraction of sp³-hybridized carbons (Fsp3) is 0.571.